The molecule has 0 aromatic heterocycles. The van der Waals surface area contributed by atoms with Crippen LogP contribution in [0.4, 0.5) is 0 Å². The Bertz CT molecular complexity index is 813. The Labute approximate surface area is 223 Å². The molecule has 0 radical (unpaired) electrons. The highest BCUT2D eigenvalue weighted by Gasteiger charge is 2.83. The van der Waals surface area contributed by atoms with Gasteiger partial charge in [0, 0.05) is 24.1 Å². The Hall–Kier alpha value is -0.0900. The van der Waals surface area contributed by atoms with Crippen molar-refractivity contribution in [2.45, 2.75) is 136 Å². The molecule has 35 heavy (non-hydrogen) atoms. The van der Waals surface area contributed by atoms with Crippen LogP contribution in [0.5, 0.6) is 0 Å². The van der Waals surface area contributed by atoms with Gasteiger partial charge >= 0.3 is 5.97 Å². The van der Waals surface area contributed by atoms with Crippen LogP contribution < -0.4 is 0 Å². The highest BCUT2D eigenvalue weighted by molar-refractivity contribution is 9.09. The minimum atomic E-state index is -0.136. The molecule has 10 atom stereocenters. The summed E-state index contributed by atoms with van der Waals surface area (Å²) in [7, 11) is 0. The van der Waals surface area contributed by atoms with Crippen LogP contribution in [0.1, 0.15) is 119 Å². The molecular formula is C31H51BrO3. The first kappa shape index (κ1) is 26.5. The van der Waals surface area contributed by atoms with Crippen LogP contribution in [0.25, 0.3) is 0 Å². The highest BCUT2D eigenvalue weighted by Crippen LogP contribution is 2.79. The molecule has 5 fully saturated rings. The van der Waals surface area contributed by atoms with Crippen molar-refractivity contribution in [1.29, 1.82) is 0 Å². The third kappa shape index (κ3) is 4.00. The first-order valence-electron chi connectivity index (χ1n) is 15.0. The molecule has 1 aliphatic heterocycles. The smallest absolute Gasteiger partial charge is 0.302 e. The number of fused-ring (bicyclic) bond motifs is 4. The van der Waals surface area contributed by atoms with Gasteiger partial charge in [-0.05, 0) is 92.3 Å². The predicted octanol–water partition coefficient (Wildman–Crippen LogP) is 8.33. The summed E-state index contributed by atoms with van der Waals surface area (Å²) >= 11 is 3.79. The molecule has 4 aliphatic carbocycles. The van der Waals surface area contributed by atoms with Crippen molar-refractivity contribution in [3.63, 3.8) is 0 Å². The molecule has 0 aromatic rings. The molecule has 1 saturated heterocycles. The van der Waals surface area contributed by atoms with Crippen LogP contribution in [-0.2, 0) is 14.3 Å². The molecule has 5 rings (SSSR count). The third-order valence-corrected chi connectivity index (χ3v) is 12.7. The van der Waals surface area contributed by atoms with E-state index in [-0.39, 0.29) is 28.7 Å². The Morgan fingerprint density at radius 2 is 1.80 bits per heavy atom. The van der Waals surface area contributed by atoms with Crippen molar-refractivity contribution in [2.75, 3.05) is 5.33 Å². The van der Waals surface area contributed by atoms with E-state index in [1.54, 1.807) is 6.92 Å². The molecule has 200 valence electrons. The van der Waals surface area contributed by atoms with E-state index in [2.05, 4.69) is 50.5 Å². The highest BCUT2D eigenvalue weighted by atomic mass is 79.9. The van der Waals surface area contributed by atoms with Gasteiger partial charge in [-0.3, -0.25) is 4.79 Å². The number of esters is 1. The summed E-state index contributed by atoms with van der Waals surface area (Å²) in [5, 5.41) is 0.998. The molecule has 1 spiro atoms. The summed E-state index contributed by atoms with van der Waals surface area (Å²) < 4.78 is 12.8. The van der Waals surface area contributed by atoms with Gasteiger partial charge in [-0.1, -0.05) is 69.8 Å². The largest absolute Gasteiger partial charge is 0.462 e. The van der Waals surface area contributed by atoms with Crippen LogP contribution in [0, 0.1) is 46.3 Å². The van der Waals surface area contributed by atoms with Crippen molar-refractivity contribution in [1.82, 2.24) is 0 Å². The lowest BCUT2D eigenvalue weighted by Gasteiger charge is -2.61. The molecule has 1 heterocycles. The number of epoxide rings is 1. The summed E-state index contributed by atoms with van der Waals surface area (Å²) in [4.78, 5) is 11.8. The molecule has 4 heteroatoms. The number of halogens is 1. The van der Waals surface area contributed by atoms with E-state index in [9.17, 15) is 4.79 Å². The molecule has 5 aliphatic rings. The van der Waals surface area contributed by atoms with Crippen molar-refractivity contribution in [3.05, 3.63) is 0 Å². The van der Waals surface area contributed by atoms with Gasteiger partial charge < -0.3 is 9.47 Å². The van der Waals surface area contributed by atoms with Gasteiger partial charge in [0.25, 0.3) is 0 Å². The molecule has 0 amide bonds. The van der Waals surface area contributed by atoms with Crippen molar-refractivity contribution >= 4 is 21.9 Å². The molecule has 0 aromatic carbocycles. The summed E-state index contributed by atoms with van der Waals surface area (Å²) in [6.07, 6.45) is 15.3. The van der Waals surface area contributed by atoms with E-state index < -0.39 is 0 Å². The average Bonchev–Trinajstić information content (AvgIpc) is 3.24. The van der Waals surface area contributed by atoms with Gasteiger partial charge in [0.2, 0.25) is 0 Å². The zero-order valence-electron chi connectivity index (χ0n) is 23.3. The number of carbonyl (C=O) groups is 1. The maximum Gasteiger partial charge on any atom is 0.302 e. The van der Waals surface area contributed by atoms with Crippen LogP contribution in [0.2, 0.25) is 0 Å². The second kappa shape index (κ2) is 9.28. The SMILES string of the molecule is CC(=O)O[C@H]1CC[C@]2(C)C3CC[C@@]4(C)C(CC[C@@H]4[C@H](C)CCCC(C)C)C3C[C@]3(CCBr)O[C@]32C1. The van der Waals surface area contributed by atoms with E-state index in [0.717, 1.165) is 66.5 Å². The van der Waals surface area contributed by atoms with E-state index >= 15 is 0 Å². The number of alkyl halides is 1. The topological polar surface area (TPSA) is 38.8 Å². The summed E-state index contributed by atoms with van der Waals surface area (Å²) in [6, 6.07) is 0. The quantitative estimate of drug-likeness (QED) is 0.173. The Balaban J connectivity index is 1.38. The zero-order chi connectivity index (χ0) is 25.2. The predicted molar refractivity (Wildman–Crippen MR) is 145 cm³/mol. The molecule has 0 bridgehead atoms. The normalized spacial score (nSPS) is 49.0. The fourth-order valence-corrected chi connectivity index (χ4v) is 11.4. The second-order valence-electron chi connectivity index (χ2n) is 14.4. The fraction of sp³-hybridized carbons (Fsp3) is 0.968. The van der Waals surface area contributed by atoms with E-state index in [1.807, 2.05) is 0 Å². The fourth-order valence-electron chi connectivity index (χ4n) is 10.8. The van der Waals surface area contributed by atoms with Crippen LogP contribution in [-0.4, -0.2) is 28.6 Å². The summed E-state index contributed by atoms with van der Waals surface area (Å²) in [5.74, 6) is 4.86. The summed E-state index contributed by atoms with van der Waals surface area (Å²) in [5.41, 5.74) is 0.638. The molecule has 3 unspecified atom stereocenters. The molecule has 3 nitrogen and oxygen atoms in total. The van der Waals surface area contributed by atoms with E-state index in [0.29, 0.717) is 5.41 Å². The van der Waals surface area contributed by atoms with Gasteiger partial charge in [0.15, 0.2) is 0 Å². The summed E-state index contributed by atoms with van der Waals surface area (Å²) in [6.45, 7) is 14.1. The standard InChI is InChI=1S/C31H51BrO3/c1-20(2)8-7-9-21(3)25-10-11-26-24-19-30(16-17-32)31(35-30)18-23(34-22(4)33)12-15-29(31,6)27(24)13-14-28(25,26)5/h20-21,23-27H,7-19H2,1-6H3/t21-,23+,24?,25-,26?,27?,28-,29-,30+,31+/m1/s1. The molecule has 0 N–H and O–H groups in total. The first-order valence-corrected chi connectivity index (χ1v) is 16.1. The number of ether oxygens (including phenoxy) is 2. The minimum Gasteiger partial charge on any atom is -0.462 e. The Morgan fingerprint density at radius 1 is 1.03 bits per heavy atom. The zero-order valence-corrected chi connectivity index (χ0v) is 24.9. The van der Waals surface area contributed by atoms with Crippen molar-refractivity contribution < 1.29 is 14.3 Å². The molecule has 4 saturated carbocycles. The average molecular weight is 552 g/mol. The van der Waals surface area contributed by atoms with E-state index in [4.69, 9.17) is 9.47 Å². The van der Waals surface area contributed by atoms with Gasteiger partial charge in [0.1, 0.15) is 11.7 Å². The van der Waals surface area contributed by atoms with Gasteiger partial charge in [-0.25, -0.2) is 0 Å². The van der Waals surface area contributed by atoms with Gasteiger partial charge in [0.05, 0.1) is 5.60 Å². The minimum absolute atomic E-state index is 0.00947. The lowest BCUT2D eigenvalue weighted by molar-refractivity contribution is -0.159. The Kier molecular flexibility index (Phi) is 7.03. The first-order chi connectivity index (χ1) is 16.5. The van der Waals surface area contributed by atoms with Crippen LogP contribution in [0.15, 0.2) is 0 Å². The number of rotatable bonds is 8. The lowest BCUT2D eigenvalue weighted by Crippen LogP contribution is -2.61. The van der Waals surface area contributed by atoms with Crippen LogP contribution in [0.3, 0.4) is 0 Å². The maximum atomic E-state index is 11.8. The molecular weight excluding hydrogens is 500 g/mol. The van der Waals surface area contributed by atoms with Crippen molar-refractivity contribution in [2.24, 2.45) is 46.3 Å². The number of hydrogen-bond donors (Lipinski definition) is 0. The van der Waals surface area contributed by atoms with Crippen LogP contribution >= 0.6 is 15.9 Å². The van der Waals surface area contributed by atoms with E-state index in [1.165, 1.54) is 51.4 Å². The maximum absolute atomic E-state index is 11.8. The lowest BCUT2D eigenvalue weighted by atomic mass is 9.42. The van der Waals surface area contributed by atoms with Gasteiger partial charge in [-0.2, -0.15) is 0 Å². The Morgan fingerprint density at radius 3 is 2.49 bits per heavy atom. The monoisotopic (exact) mass is 550 g/mol. The second-order valence-corrected chi connectivity index (χ2v) is 15.2. The van der Waals surface area contributed by atoms with Crippen molar-refractivity contribution in [3.8, 4) is 0 Å². The van der Waals surface area contributed by atoms with Gasteiger partial charge in [-0.15, -0.1) is 0 Å². The third-order valence-electron chi connectivity index (χ3n) is 12.3. The number of carbonyl (C=O) groups excluding carboxylic acids is 1. The number of hydrogen-bond acceptors (Lipinski definition) is 3.